The van der Waals surface area contributed by atoms with Gasteiger partial charge in [-0.05, 0) is 36.6 Å². The van der Waals surface area contributed by atoms with Crippen LogP contribution in [0.2, 0.25) is 0 Å². The molecule has 0 aliphatic rings. The second-order valence-corrected chi connectivity index (χ2v) is 4.18. The molecule has 0 saturated carbocycles. The molecule has 1 aromatic carbocycles. The number of benzene rings is 1. The Bertz CT molecular complexity index is 505. The molecule has 0 aliphatic carbocycles. The molecule has 2 aromatic rings. The van der Waals surface area contributed by atoms with Crippen molar-refractivity contribution in [2.75, 3.05) is 11.9 Å². The van der Waals surface area contributed by atoms with E-state index in [9.17, 15) is 4.39 Å². The lowest BCUT2D eigenvalue weighted by atomic mass is 10.2. The van der Waals surface area contributed by atoms with Crippen molar-refractivity contribution in [3.05, 3.63) is 47.5 Å². The number of nitrogens with one attached hydrogen (secondary N) is 1. The van der Waals surface area contributed by atoms with Crippen LogP contribution < -0.4 is 5.32 Å². The molecule has 17 heavy (non-hydrogen) atoms. The van der Waals surface area contributed by atoms with E-state index in [1.165, 1.54) is 6.07 Å². The fraction of sp³-hybridized carbons (Fsp3) is 0.308. The molecule has 0 aliphatic heterocycles. The van der Waals surface area contributed by atoms with Gasteiger partial charge in [-0.1, -0.05) is 6.07 Å². The maximum absolute atomic E-state index is 13.5. The standard InChI is InChI=1S/C13H16FN3/c1-10-3-4-13(12(14)7-10)15-6-5-11-8-16-17(2)9-11/h3-4,7-9,15H,5-6H2,1-2H3. The third kappa shape index (κ3) is 3.06. The van der Waals surface area contributed by atoms with Gasteiger partial charge in [-0.25, -0.2) is 4.39 Å². The van der Waals surface area contributed by atoms with Crippen LogP contribution in [0.5, 0.6) is 0 Å². The lowest BCUT2D eigenvalue weighted by Gasteiger charge is -2.07. The molecule has 3 nitrogen and oxygen atoms in total. The van der Waals surface area contributed by atoms with Crippen molar-refractivity contribution >= 4 is 5.69 Å². The maximum Gasteiger partial charge on any atom is 0.146 e. The second kappa shape index (κ2) is 4.99. The normalized spacial score (nSPS) is 10.5. The first-order chi connectivity index (χ1) is 8.15. The summed E-state index contributed by atoms with van der Waals surface area (Å²) in [7, 11) is 1.89. The summed E-state index contributed by atoms with van der Waals surface area (Å²) in [6.45, 7) is 2.58. The van der Waals surface area contributed by atoms with E-state index in [1.54, 1.807) is 10.7 Å². The van der Waals surface area contributed by atoms with Gasteiger partial charge in [0.25, 0.3) is 0 Å². The fourth-order valence-corrected chi connectivity index (χ4v) is 1.71. The van der Waals surface area contributed by atoms with Crippen LogP contribution in [0.1, 0.15) is 11.1 Å². The summed E-state index contributed by atoms with van der Waals surface area (Å²) in [5.41, 5.74) is 2.63. The van der Waals surface area contributed by atoms with E-state index >= 15 is 0 Å². The van der Waals surface area contributed by atoms with Gasteiger partial charge in [0, 0.05) is 19.8 Å². The van der Waals surface area contributed by atoms with Gasteiger partial charge in [0.15, 0.2) is 0 Å². The first kappa shape index (κ1) is 11.6. The monoisotopic (exact) mass is 233 g/mol. The first-order valence-electron chi connectivity index (χ1n) is 5.63. The molecule has 2 rings (SSSR count). The van der Waals surface area contributed by atoms with E-state index in [4.69, 9.17) is 0 Å². The zero-order valence-electron chi connectivity index (χ0n) is 10.1. The van der Waals surface area contributed by atoms with Crippen LogP contribution in [0.15, 0.2) is 30.6 Å². The number of aromatic nitrogens is 2. The van der Waals surface area contributed by atoms with Crippen molar-refractivity contribution in [2.24, 2.45) is 7.05 Å². The highest BCUT2D eigenvalue weighted by molar-refractivity contribution is 5.46. The Hall–Kier alpha value is -1.84. The molecule has 0 radical (unpaired) electrons. The van der Waals surface area contributed by atoms with Gasteiger partial charge in [0.05, 0.1) is 11.9 Å². The van der Waals surface area contributed by atoms with E-state index in [1.807, 2.05) is 32.4 Å². The molecule has 0 amide bonds. The number of nitrogens with zero attached hydrogens (tertiary/aromatic N) is 2. The lowest BCUT2D eigenvalue weighted by Crippen LogP contribution is -2.06. The van der Waals surface area contributed by atoms with Crippen molar-refractivity contribution in [3.63, 3.8) is 0 Å². The van der Waals surface area contributed by atoms with E-state index < -0.39 is 0 Å². The van der Waals surface area contributed by atoms with Crippen LogP contribution >= 0.6 is 0 Å². The van der Waals surface area contributed by atoms with Crippen molar-refractivity contribution in [1.82, 2.24) is 9.78 Å². The zero-order valence-corrected chi connectivity index (χ0v) is 10.1. The lowest BCUT2D eigenvalue weighted by molar-refractivity contribution is 0.629. The van der Waals surface area contributed by atoms with Gasteiger partial charge in [-0.2, -0.15) is 5.10 Å². The van der Waals surface area contributed by atoms with Crippen molar-refractivity contribution < 1.29 is 4.39 Å². The summed E-state index contributed by atoms with van der Waals surface area (Å²) in [4.78, 5) is 0. The molecule has 0 fully saturated rings. The minimum absolute atomic E-state index is 0.198. The Morgan fingerprint density at radius 1 is 1.41 bits per heavy atom. The third-order valence-electron chi connectivity index (χ3n) is 2.61. The van der Waals surface area contributed by atoms with Crippen LogP contribution in [0.4, 0.5) is 10.1 Å². The summed E-state index contributed by atoms with van der Waals surface area (Å²) in [5, 5.41) is 7.17. The molecule has 0 saturated heterocycles. The molecule has 1 aromatic heterocycles. The smallest absolute Gasteiger partial charge is 0.146 e. The summed E-state index contributed by atoms with van der Waals surface area (Å²) < 4.78 is 15.3. The number of rotatable bonds is 4. The van der Waals surface area contributed by atoms with Gasteiger partial charge in [-0.15, -0.1) is 0 Å². The van der Waals surface area contributed by atoms with Crippen molar-refractivity contribution in [2.45, 2.75) is 13.3 Å². The van der Waals surface area contributed by atoms with Gasteiger partial charge in [0.2, 0.25) is 0 Å². The van der Waals surface area contributed by atoms with Crippen molar-refractivity contribution in [1.29, 1.82) is 0 Å². The van der Waals surface area contributed by atoms with Gasteiger partial charge >= 0.3 is 0 Å². The Morgan fingerprint density at radius 2 is 2.24 bits per heavy atom. The highest BCUT2D eigenvalue weighted by atomic mass is 19.1. The highest BCUT2D eigenvalue weighted by Crippen LogP contribution is 2.15. The van der Waals surface area contributed by atoms with E-state index in [0.29, 0.717) is 12.2 Å². The fourth-order valence-electron chi connectivity index (χ4n) is 1.71. The Labute approximate surface area is 100 Å². The summed E-state index contributed by atoms with van der Waals surface area (Å²) in [6.07, 6.45) is 4.63. The van der Waals surface area contributed by atoms with Crippen molar-refractivity contribution in [3.8, 4) is 0 Å². The number of anilines is 1. The zero-order chi connectivity index (χ0) is 12.3. The molecule has 0 atom stereocenters. The largest absolute Gasteiger partial charge is 0.382 e. The number of halogens is 1. The van der Waals surface area contributed by atoms with Crippen LogP contribution in [0.3, 0.4) is 0 Å². The molecule has 0 unspecified atom stereocenters. The van der Waals surface area contributed by atoms with E-state index in [0.717, 1.165) is 17.5 Å². The van der Waals surface area contributed by atoms with Crippen LogP contribution in [0, 0.1) is 12.7 Å². The molecular weight excluding hydrogens is 217 g/mol. The molecular formula is C13H16FN3. The molecule has 90 valence electrons. The first-order valence-corrected chi connectivity index (χ1v) is 5.63. The minimum Gasteiger partial charge on any atom is -0.382 e. The summed E-state index contributed by atoms with van der Waals surface area (Å²) in [5.74, 6) is -0.198. The molecule has 1 heterocycles. The number of aryl methyl sites for hydroxylation is 2. The summed E-state index contributed by atoms with van der Waals surface area (Å²) >= 11 is 0. The quantitative estimate of drug-likeness (QED) is 0.879. The highest BCUT2D eigenvalue weighted by Gasteiger charge is 2.01. The topological polar surface area (TPSA) is 29.9 Å². The van der Waals surface area contributed by atoms with E-state index in [-0.39, 0.29) is 5.82 Å². The predicted molar refractivity (Wildman–Crippen MR) is 66.5 cm³/mol. The van der Waals surface area contributed by atoms with E-state index in [2.05, 4.69) is 10.4 Å². The van der Waals surface area contributed by atoms with Gasteiger partial charge in [0.1, 0.15) is 5.82 Å². The average molecular weight is 233 g/mol. The maximum atomic E-state index is 13.5. The Balaban J connectivity index is 1.90. The summed E-state index contributed by atoms with van der Waals surface area (Å²) in [6, 6.07) is 5.20. The predicted octanol–water partition coefficient (Wildman–Crippen LogP) is 2.52. The SMILES string of the molecule is Cc1ccc(NCCc2cnn(C)c2)c(F)c1. The average Bonchev–Trinajstić information content (AvgIpc) is 2.68. The molecule has 4 heteroatoms. The molecule has 0 bridgehead atoms. The molecule has 0 spiro atoms. The Morgan fingerprint density at radius 3 is 2.88 bits per heavy atom. The Kier molecular flexibility index (Phi) is 3.42. The van der Waals surface area contributed by atoms with Gasteiger partial charge in [-0.3, -0.25) is 4.68 Å². The minimum atomic E-state index is -0.198. The molecule has 1 N–H and O–H groups in total. The van der Waals surface area contributed by atoms with Crippen LogP contribution in [-0.2, 0) is 13.5 Å². The number of hydrogen-bond acceptors (Lipinski definition) is 2. The van der Waals surface area contributed by atoms with Crippen LogP contribution in [0.25, 0.3) is 0 Å². The number of hydrogen-bond donors (Lipinski definition) is 1. The van der Waals surface area contributed by atoms with Crippen LogP contribution in [-0.4, -0.2) is 16.3 Å². The second-order valence-electron chi connectivity index (χ2n) is 4.18. The van der Waals surface area contributed by atoms with Gasteiger partial charge < -0.3 is 5.32 Å². The third-order valence-corrected chi connectivity index (χ3v) is 2.61.